The van der Waals surface area contributed by atoms with E-state index in [0.717, 1.165) is 12.0 Å². The first-order chi connectivity index (χ1) is 14.3. The van der Waals surface area contributed by atoms with E-state index in [9.17, 15) is 9.90 Å². The number of methoxy groups -OCH3 is 2. The second-order valence-electron chi connectivity index (χ2n) is 7.76. The number of rotatable bonds is 8. The first-order valence-corrected chi connectivity index (χ1v) is 9.96. The maximum atomic E-state index is 15.3. The monoisotopic (exact) mass is 417 g/mol. The van der Waals surface area contributed by atoms with E-state index in [2.05, 4.69) is 6.58 Å². The molecule has 30 heavy (non-hydrogen) atoms. The van der Waals surface area contributed by atoms with Crippen molar-refractivity contribution in [2.75, 3.05) is 27.4 Å². The molecule has 6 nitrogen and oxygen atoms in total. The molecule has 0 bridgehead atoms. The summed E-state index contributed by atoms with van der Waals surface area (Å²) >= 11 is 0. The van der Waals surface area contributed by atoms with Crippen molar-refractivity contribution >= 4 is 5.76 Å². The lowest BCUT2D eigenvalue weighted by atomic mass is 9.86. The molecule has 0 unspecified atom stereocenters. The van der Waals surface area contributed by atoms with Gasteiger partial charge in [0.2, 0.25) is 5.43 Å². The molecule has 3 rings (SSSR count). The number of halogens is 1. The Kier molecular flexibility index (Phi) is 6.51. The Bertz CT molecular complexity index is 1010. The Morgan fingerprint density at radius 2 is 2.03 bits per heavy atom. The third-order valence-electron chi connectivity index (χ3n) is 5.44. The molecule has 0 saturated heterocycles. The number of pyridine rings is 1. The lowest BCUT2D eigenvalue weighted by molar-refractivity contribution is 0.170. The second kappa shape index (κ2) is 8.92. The maximum Gasteiger partial charge on any atom is 0.228 e. The number of nitrogens with zero attached hydrogens (tertiary/aromatic N) is 1. The number of benzene rings is 1. The highest BCUT2D eigenvalue weighted by Gasteiger charge is 2.32. The van der Waals surface area contributed by atoms with Crippen LogP contribution in [0, 0.1) is 11.7 Å². The van der Waals surface area contributed by atoms with Gasteiger partial charge in [-0.3, -0.25) is 4.79 Å². The summed E-state index contributed by atoms with van der Waals surface area (Å²) in [5, 5.41) is 9.77. The number of aliphatic hydroxyl groups excluding tert-OH is 1. The zero-order valence-corrected chi connectivity index (χ0v) is 17.8. The molecule has 1 aliphatic heterocycles. The van der Waals surface area contributed by atoms with Crippen LogP contribution in [0.15, 0.2) is 29.7 Å². The van der Waals surface area contributed by atoms with Crippen LogP contribution in [-0.2, 0) is 11.2 Å². The highest BCUT2D eigenvalue weighted by atomic mass is 19.1. The summed E-state index contributed by atoms with van der Waals surface area (Å²) in [7, 11) is 3.16. The van der Waals surface area contributed by atoms with Gasteiger partial charge in [0, 0.05) is 37.9 Å². The minimum Gasteiger partial charge on any atom is -0.508 e. The van der Waals surface area contributed by atoms with Crippen molar-refractivity contribution in [3.05, 3.63) is 52.1 Å². The molecule has 1 aromatic carbocycles. The van der Waals surface area contributed by atoms with Crippen molar-refractivity contribution in [1.29, 1.82) is 0 Å². The molecule has 1 N–H and O–H groups in total. The molecule has 7 heteroatoms. The summed E-state index contributed by atoms with van der Waals surface area (Å²) < 4.78 is 33.4. The Hall–Kier alpha value is -2.80. The predicted molar refractivity (Wildman–Crippen MR) is 114 cm³/mol. The zero-order valence-electron chi connectivity index (χ0n) is 17.8. The van der Waals surface area contributed by atoms with E-state index >= 15 is 4.39 Å². The fourth-order valence-electron chi connectivity index (χ4n) is 3.86. The van der Waals surface area contributed by atoms with E-state index in [1.807, 2.05) is 19.9 Å². The van der Waals surface area contributed by atoms with Gasteiger partial charge in [0.1, 0.15) is 5.76 Å². The number of aromatic nitrogens is 1. The number of ether oxygens (including phenoxy) is 3. The van der Waals surface area contributed by atoms with Gasteiger partial charge in [0.05, 0.1) is 25.0 Å². The fourth-order valence-corrected chi connectivity index (χ4v) is 3.86. The molecule has 0 aliphatic carbocycles. The molecule has 2 heterocycles. The molecular weight excluding hydrogens is 389 g/mol. The molecule has 1 atom stereocenters. The van der Waals surface area contributed by atoms with Crippen molar-refractivity contribution in [1.82, 2.24) is 4.57 Å². The fraction of sp³-hybridized carbons (Fsp3) is 0.435. The average molecular weight is 417 g/mol. The molecule has 0 radical (unpaired) electrons. The molecule has 1 aromatic heterocycles. The number of fused-ring (bicyclic) bond motifs is 3. The first-order valence-electron chi connectivity index (χ1n) is 9.96. The van der Waals surface area contributed by atoms with Crippen LogP contribution in [0.5, 0.6) is 11.5 Å². The smallest absolute Gasteiger partial charge is 0.228 e. The average Bonchev–Trinajstić information content (AvgIpc) is 2.71. The van der Waals surface area contributed by atoms with Crippen molar-refractivity contribution in [2.24, 2.45) is 5.92 Å². The van der Waals surface area contributed by atoms with Crippen LogP contribution in [0.4, 0.5) is 4.39 Å². The van der Waals surface area contributed by atoms with Crippen LogP contribution in [0.2, 0.25) is 0 Å². The third-order valence-corrected chi connectivity index (χ3v) is 5.44. The Balaban J connectivity index is 2.17. The molecule has 0 fully saturated rings. The summed E-state index contributed by atoms with van der Waals surface area (Å²) in [4.78, 5) is 12.5. The van der Waals surface area contributed by atoms with Crippen LogP contribution < -0.4 is 14.9 Å². The Labute approximate surface area is 175 Å². The molecule has 0 spiro atoms. The quantitative estimate of drug-likeness (QED) is 0.511. The second-order valence-corrected chi connectivity index (χ2v) is 7.76. The van der Waals surface area contributed by atoms with Crippen LogP contribution in [0.1, 0.15) is 37.4 Å². The van der Waals surface area contributed by atoms with E-state index < -0.39 is 17.0 Å². The molecule has 1 aliphatic rings. The van der Waals surface area contributed by atoms with Crippen molar-refractivity contribution in [3.8, 4) is 22.8 Å². The summed E-state index contributed by atoms with van der Waals surface area (Å²) in [5.41, 5.74) is 0.648. The van der Waals surface area contributed by atoms with Crippen molar-refractivity contribution < 1.29 is 23.7 Å². The summed E-state index contributed by atoms with van der Waals surface area (Å²) in [6, 6.07) is 3.47. The summed E-state index contributed by atoms with van der Waals surface area (Å²) in [5.74, 6) is -0.161. The number of hydrogen-bond acceptors (Lipinski definition) is 5. The molecule has 2 aromatic rings. The third kappa shape index (κ3) is 3.94. The van der Waals surface area contributed by atoms with Crippen LogP contribution in [0.3, 0.4) is 0 Å². The van der Waals surface area contributed by atoms with Crippen molar-refractivity contribution in [3.63, 3.8) is 0 Å². The highest BCUT2D eigenvalue weighted by molar-refractivity contribution is 5.72. The number of hydrogen-bond donors (Lipinski definition) is 1. The maximum absolute atomic E-state index is 15.3. The van der Waals surface area contributed by atoms with Gasteiger partial charge < -0.3 is 23.9 Å². The SMILES string of the molecule is C=C(O)c1cn2c(c(F)c1=O)-c1cc(OC)c(OCCCOC)cc1C[C@H]2C(C)C. The first kappa shape index (κ1) is 21.9. The molecular formula is C23H28FNO5. The van der Waals surface area contributed by atoms with Gasteiger partial charge in [-0.25, -0.2) is 4.39 Å². The predicted octanol–water partition coefficient (Wildman–Crippen LogP) is 4.36. The van der Waals surface area contributed by atoms with Crippen LogP contribution in [0.25, 0.3) is 17.0 Å². The van der Waals surface area contributed by atoms with Crippen molar-refractivity contribution in [2.45, 2.75) is 32.7 Å². The van der Waals surface area contributed by atoms with Gasteiger partial charge in [0.15, 0.2) is 17.3 Å². The lowest BCUT2D eigenvalue weighted by Crippen LogP contribution is -2.29. The Morgan fingerprint density at radius 1 is 1.30 bits per heavy atom. The minimum absolute atomic E-state index is 0.101. The van der Waals surface area contributed by atoms with Gasteiger partial charge in [-0.05, 0) is 30.0 Å². The van der Waals surface area contributed by atoms with E-state index in [4.69, 9.17) is 14.2 Å². The van der Waals surface area contributed by atoms with Crippen LogP contribution >= 0.6 is 0 Å². The van der Waals surface area contributed by atoms with Gasteiger partial charge in [0.25, 0.3) is 0 Å². The Morgan fingerprint density at radius 3 is 2.63 bits per heavy atom. The normalized spacial score (nSPS) is 14.9. The standard InChI is InChI=1S/C23H28FNO5/c1-13(2)18-9-15-10-20(30-8-6-7-28-4)19(29-5)11-16(15)22-21(24)23(27)17(14(3)26)12-25(18)22/h10-13,18,26H,3,6-9H2,1-2,4-5H3/t18-/m0/s1. The minimum atomic E-state index is -0.912. The summed E-state index contributed by atoms with van der Waals surface area (Å²) in [6.07, 6.45) is 2.85. The number of aliphatic hydroxyl groups is 1. The zero-order chi connectivity index (χ0) is 22.0. The van der Waals surface area contributed by atoms with Gasteiger partial charge in [-0.15, -0.1) is 0 Å². The van der Waals surface area contributed by atoms with E-state index in [-0.39, 0.29) is 23.2 Å². The van der Waals surface area contributed by atoms with Gasteiger partial charge in [-0.1, -0.05) is 20.4 Å². The molecule has 0 amide bonds. The van der Waals surface area contributed by atoms with E-state index in [0.29, 0.717) is 36.7 Å². The van der Waals surface area contributed by atoms with Gasteiger partial charge in [-0.2, -0.15) is 0 Å². The lowest BCUT2D eigenvalue weighted by Gasteiger charge is -2.34. The highest BCUT2D eigenvalue weighted by Crippen LogP contribution is 2.43. The largest absolute Gasteiger partial charge is 0.508 e. The topological polar surface area (TPSA) is 69.9 Å². The van der Waals surface area contributed by atoms with Crippen LogP contribution in [-0.4, -0.2) is 37.1 Å². The van der Waals surface area contributed by atoms with Gasteiger partial charge >= 0.3 is 0 Å². The molecule has 0 saturated carbocycles. The summed E-state index contributed by atoms with van der Waals surface area (Å²) in [6.45, 7) is 8.52. The van der Waals surface area contributed by atoms with E-state index in [1.54, 1.807) is 17.7 Å². The van der Waals surface area contributed by atoms with E-state index in [1.165, 1.54) is 13.3 Å². The molecule has 162 valence electrons.